The van der Waals surface area contributed by atoms with Crippen LogP contribution >= 0.6 is 0 Å². The minimum atomic E-state index is 0.206. The molecular formula is C17H24O3. The van der Waals surface area contributed by atoms with E-state index in [9.17, 15) is 4.79 Å². The Morgan fingerprint density at radius 1 is 1.00 bits per heavy atom. The number of Topliss-reactive ketones (excluding diaryl/α,β-unsaturated/α-hetero) is 1. The molecule has 0 bridgehead atoms. The Labute approximate surface area is 121 Å². The third kappa shape index (κ3) is 4.26. The fraction of sp³-hybridized carbons (Fsp3) is 0.588. The molecule has 20 heavy (non-hydrogen) atoms. The lowest BCUT2D eigenvalue weighted by atomic mass is 10.0. The van der Waals surface area contributed by atoms with Crippen LogP contribution in [0.15, 0.2) is 18.2 Å². The lowest BCUT2D eigenvalue weighted by Gasteiger charge is -2.18. The Kier molecular flexibility index (Phi) is 5.90. The number of benzene rings is 1. The summed E-state index contributed by atoms with van der Waals surface area (Å²) in [5.74, 6) is 1.65. The zero-order valence-electron chi connectivity index (χ0n) is 12.3. The van der Waals surface area contributed by atoms with Gasteiger partial charge in [-0.1, -0.05) is 39.0 Å². The molecule has 1 aliphatic heterocycles. The molecule has 0 N–H and O–H groups in total. The lowest BCUT2D eigenvalue weighted by Crippen LogP contribution is -2.15. The van der Waals surface area contributed by atoms with Crippen LogP contribution in [0.1, 0.15) is 62.2 Å². The number of hydrogen-bond donors (Lipinski definition) is 0. The Morgan fingerprint density at radius 2 is 1.70 bits per heavy atom. The van der Waals surface area contributed by atoms with Gasteiger partial charge in [0.15, 0.2) is 17.3 Å². The number of ketones is 1. The number of unbranched alkanes of at least 4 members (excludes halogenated alkanes) is 5. The summed E-state index contributed by atoms with van der Waals surface area (Å²) in [6, 6.07) is 5.49. The third-order valence-corrected chi connectivity index (χ3v) is 3.62. The van der Waals surface area contributed by atoms with Gasteiger partial charge in [-0.2, -0.15) is 0 Å². The molecular weight excluding hydrogens is 252 g/mol. The Hall–Kier alpha value is -1.51. The van der Waals surface area contributed by atoms with Crippen LogP contribution in [-0.4, -0.2) is 19.0 Å². The van der Waals surface area contributed by atoms with Crippen molar-refractivity contribution >= 4 is 5.78 Å². The molecule has 0 radical (unpaired) electrons. The summed E-state index contributed by atoms with van der Waals surface area (Å²) in [5.41, 5.74) is 0.739. The molecule has 0 fully saturated rings. The maximum absolute atomic E-state index is 12.1. The van der Waals surface area contributed by atoms with Gasteiger partial charge in [0.25, 0.3) is 0 Å². The van der Waals surface area contributed by atoms with Crippen LogP contribution < -0.4 is 9.47 Å². The molecule has 2 rings (SSSR count). The molecule has 0 spiro atoms. The standard InChI is InChI=1S/C17H24O3/c1-2-3-4-5-6-7-8-15(18)14-9-10-16-17(13-14)20-12-11-19-16/h9-10,13H,2-8,11-12H2,1H3. The summed E-state index contributed by atoms with van der Waals surface area (Å²) in [7, 11) is 0. The highest BCUT2D eigenvalue weighted by Crippen LogP contribution is 2.31. The van der Waals surface area contributed by atoms with Gasteiger partial charge in [-0.05, 0) is 24.6 Å². The molecule has 0 atom stereocenters. The summed E-state index contributed by atoms with van der Waals surface area (Å²) in [4.78, 5) is 12.1. The first kappa shape index (κ1) is 14.9. The van der Waals surface area contributed by atoms with E-state index in [-0.39, 0.29) is 5.78 Å². The van der Waals surface area contributed by atoms with E-state index in [2.05, 4.69) is 6.92 Å². The fourth-order valence-electron chi connectivity index (χ4n) is 2.43. The van der Waals surface area contributed by atoms with E-state index in [4.69, 9.17) is 9.47 Å². The maximum atomic E-state index is 12.1. The lowest BCUT2D eigenvalue weighted by molar-refractivity contribution is 0.0978. The van der Waals surface area contributed by atoms with Gasteiger partial charge < -0.3 is 9.47 Å². The average Bonchev–Trinajstić information content (AvgIpc) is 2.50. The number of carbonyl (C=O) groups is 1. The van der Waals surface area contributed by atoms with Gasteiger partial charge in [-0.25, -0.2) is 0 Å². The van der Waals surface area contributed by atoms with Crippen LogP contribution in [0, 0.1) is 0 Å². The molecule has 3 nitrogen and oxygen atoms in total. The second kappa shape index (κ2) is 7.93. The van der Waals surface area contributed by atoms with E-state index in [1.807, 2.05) is 18.2 Å². The minimum Gasteiger partial charge on any atom is -0.486 e. The Morgan fingerprint density at radius 3 is 2.50 bits per heavy atom. The minimum absolute atomic E-state index is 0.206. The Bertz CT molecular complexity index is 440. The summed E-state index contributed by atoms with van der Waals surface area (Å²) in [6.07, 6.45) is 7.85. The predicted molar refractivity (Wildman–Crippen MR) is 79.8 cm³/mol. The Balaban J connectivity index is 1.77. The van der Waals surface area contributed by atoms with Crippen LogP contribution in [-0.2, 0) is 0 Å². The van der Waals surface area contributed by atoms with Gasteiger partial charge in [0.1, 0.15) is 13.2 Å². The van der Waals surface area contributed by atoms with Crippen molar-refractivity contribution in [3.8, 4) is 11.5 Å². The highest BCUT2D eigenvalue weighted by atomic mass is 16.6. The molecule has 0 saturated heterocycles. The van der Waals surface area contributed by atoms with E-state index in [0.717, 1.165) is 24.2 Å². The molecule has 0 aliphatic carbocycles. The molecule has 3 heteroatoms. The summed E-state index contributed by atoms with van der Waals surface area (Å²) >= 11 is 0. The first-order valence-electron chi connectivity index (χ1n) is 7.74. The van der Waals surface area contributed by atoms with Gasteiger partial charge in [-0.3, -0.25) is 4.79 Å². The molecule has 0 aromatic heterocycles. The van der Waals surface area contributed by atoms with Crippen molar-refractivity contribution in [2.75, 3.05) is 13.2 Å². The van der Waals surface area contributed by atoms with Crippen LogP contribution in [0.5, 0.6) is 11.5 Å². The van der Waals surface area contributed by atoms with Crippen LogP contribution in [0.4, 0.5) is 0 Å². The zero-order valence-corrected chi connectivity index (χ0v) is 12.3. The normalized spacial score (nSPS) is 13.2. The monoisotopic (exact) mass is 276 g/mol. The van der Waals surface area contributed by atoms with Crippen LogP contribution in [0.3, 0.4) is 0 Å². The highest BCUT2D eigenvalue weighted by Gasteiger charge is 2.14. The molecule has 110 valence electrons. The first-order chi connectivity index (χ1) is 9.81. The summed E-state index contributed by atoms with van der Waals surface area (Å²) in [5, 5.41) is 0. The number of ether oxygens (including phenoxy) is 2. The predicted octanol–water partition coefficient (Wildman–Crippen LogP) is 4.39. The van der Waals surface area contributed by atoms with Gasteiger partial charge in [0, 0.05) is 12.0 Å². The zero-order chi connectivity index (χ0) is 14.2. The average molecular weight is 276 g/mol. The van der Waals surface area contributed by atoms with Gasteiger partial charge in [-0.15, -0.1) is 0 Å². The number of fused-ring (bicyclic) bond motifs is 1. The number of carbonyl (C=O) groups excluding carboxylic acids is 1. The van der Waals surface area contributed by atoms with E-state index < -0.39 is 0 Å². The quantitative estimate of drug-likeness (QED) is 0.522. The SMILES string of the molecule is CCCCCCCCC(=O)c1ccc2c(c1)OCCO2. The van der Waals surface area contributed by atoms with Gasteiger partial charge in [0.05, 0.1) is 0 Å². The van der Waals surface area contributed by atoms with E-state index in [1.54, 1.807) is 0 Å². The fourth-order valence-corrected chi connectivity index (χ4v) is 2.43. The molecule has 1 aliphatic rings. The van der Waals surface area contributed by atoms with Crippen molar-refractivity contribution < 1.29 is 14.3 Å². The summed E-state index contributed by atoms with van der Waals surface area (Å²) in [6.45, 7) is 3.35. The van der Waals surface area contributed by atoms with E-state index in [1.165, 1.54) is 25.7 Å². The molecule has 1 aromatic carbocycles. The van der Waals surface area contributed by atoms with Crippen molar-refractivity contribution in [2.45, 2.75) is 51.9 Å². The summed E-state index contributed by atoms with van der Waals surface area (Å²) < 4.78 is 11.0. The topological polar surface area (TPSA) is 35.5 Å². The van der Waals surface area contributed by atoms with Crippen LogP contribution in [0.25, 0.3) is 0 Å². The smallest absolute Gasteiger partial charge is 0.163 e. The first-order valence-corrected chi connectivity index (χ1v) is 7.74. The number of hydrogen-bond acceptors (Lipinski definition) is 3. The number of rotatable bonds is 8. The van der Waals surface area contributed by atoms with Crippen LogP contribution in [0.2, 0.25) is 0 Å². The van der Waals surface area contributed by atoms with Crippen molar-refractivity contribution in [3.05, 3.63) is 23.8 Å². The van der Waals surface area contributed by atoms with Crippen molar-refractivity contribution in [2.24, 2.45) is 0 Å². The van der Waals surface area contributed by atoms with E-state index >= 15 is 0 Å². The highest BCUT2D eigenvalue weighted by molar-refractivity contribution is 5.96. The van der Waals surface area contributed by atoms with E-state index in [0.29, 0.717) is 25.4 Å². The van der Waals surface area contributed by atoms with Crippen molar-refractivity contribution in [1.29, 1.82) is 0 Å². The van der Waals surface area contributed by atoms with Gasteiger partial charge in [0.2, 0.25) is 0 Å². The van der Waals surface area contributed by atoms with Gasteiger partial charge >= 0.3 is 0 Å². The molecule has 1 heterocycles. The van der Waals surface area contributed by atoms with Crippen molar-refractivity contribution in [1.82, 2.24) is 0 Å². The molecule has 1 aromatic rings. The molecule has 0 amide bonds. The molecule has 0 saturated carbocycles. The maximum Gasteiger partial charge on any atom is 0.163 e. The second-order valence-corrected chi connectivity index (χ2v) is 5.30. The van der Waals surface area contributed by atoms with Crippen molar-refractivity contribution in [3.63, 3.8) is 0 Å². The second-order valence-electron chi connectivity index (χ2n) is 5.30. The molecule has 0 unspecified atom stereocenters. The largest absolute Gasteiger partial charge is 0.486 e. The third-order valence-electron chi connectivity index (χ3n) is 3.62.